The van der Waals surface area contributed by atoms with Gasteiger partial charge in [0, 0.05) is 19.0 Å². The molecule has 0 unspecified atom stereocenters. The van der Waals surface area contributed by atoms with Crippen LogP contribution < -0.4 is 0 Å². The number of benzene rings is 1. The van der Waals surface area contributed by atoms with Crippen molar-refractivity contribution in [3.63, 3.8) is 0 Å². The molecule has 0 bridgehead atoms. The van der Waals surface area contributed by atoms with Crippen LogP contribution in [0.15, 0.2) is 24.3 Å². The minimum Gasteiger partial charge on any atom is -0.336 e. The van der Waals surface area contributed by atoms with E-state index in [0.717, 1.165) is 18.4 Å². The number of rotatable bonds is 6. The Labute approximate surface area is 125 Å². The molecule has 5 heteroatoms. The fourth-order valence-electron chi connectivity index (χ4n) is 2.31. The molecule has 1 aliphatic heterocycles. The minimum atomic E-state index is -0.0643. The number of nitrogens with one attached hydrogen (secondary N) is 1. The third-order valence-corrected chi connectivity index (χ3v) is 3.66. The molecule has 1 amide bonds. The van der Waals surface area contributed by atoms with E-state index < -0.39 is 0 Å². The molecule has 1 aromatic carbocycles. The van der Waals surface area contributed by atoms with Crippen LogP contribution in [0.1, 0.15) is 42.1 Å². The van der Waals surface area contributed by atoms with Crippen molar-refractivity contribution in [1.82, 2.24) is 9.80 Å². The molecule has 0 atom stereocenters. The van der Waals surface area contributed by atoms with E-state index >= 15 is 0 Å². The van der Waals surface area contributed by atoms with E-state index in [4.69, 9.17) is 5.41 Å². The Balaban J connectivity index is 2.01. The predicted molar refractivity (Wildman–Crippen MR) is 81.2 cm³/mol. The van der Waals surface area contributed by atoms with Crippen molar-refractivity contribution >= 4 is 17.6 Å². The zero-order valence-electron chi connectivity index (χ0n) is 12.6. The van der Waals surface area contributed by atoms with Crippen molar-refractivity contribution in [1.29, 1.82) is 5.41 Å². The zero-order chi connectivity index (χ0) is 15.4. The maximum absolute atomic E-state index is 11.9. The normalized spacial score (nSPS) is 15.0. The maximum atomic E-state index is 11.9. The van der Waals surface area contributed by atoms with Crippen LogP contribution in [0.25, 0.3) is 0 Å². The highest BCUT2D eigenvalue weighted by atomic mass is 16.2. The Hall–Kier alpha value is -2.17. The SMILES string of the molecule is CCCCC(=O)c1ccc(CN2C(=N)N(C)CC2=O)cc1. The molecule has 112 valence electrons. The summed E-state index contributed by atoms with van der Waals surface area (Å²) in [6, 6.07) is 7.33. The lowest BCUT2D eigenvalue weighted by molar-refractivity contribution is -0.125. The molecule has 1 heterocycles. The first-order valence-corrected chi connectivity index (χ1v) is 7.25. The number of amides is 1. The number of carbonyl (C=O) groups is 2. The zero-order valence-corrected chi connectivity index (χ0v) is 12.6. The summed E-state index contributed by atoms with van der Waals surface area (Å²) >= 11 is 0. The third-order valence-electron chi connectivity index (χ3n) is 3.66. The molecule has 21 heavy (non-hydrogen) atoms. The number of ketones is 1. The molecule has 1 fully saturated rings. The van der Waals surface area contributed by atoms with Crippen LogP contribution in [0, 0.1) is 5.41 Å². The topological polar surface area (TPSA) is 64.5 Å². The lowest BCUT2D eigenvalue weighted by atomic mass is 10.0. The van der Waals surface area contributed by atoms with Crippen LogP contribution in [-0.2, 0) is 11.3 Å². The summed E-state index contributed by atoms with van der Waals surface area (Å²) in [5.74, 6) is 0.321. The lowest BCUT2D eigenvalue weighted by Crippen LogP contribution is -2.31. The summed E-state index contributed by atoms with van der Waals surface area (Å²) in [5.41, 5.74) is 1.64. The van der Waals surface area contributed by atoms with E-state index in [1.54, 1.807) is 24.1 Å². The summed E-state index contributed by atoms with van der Waals surface area (Å²) in [4.78, 5) is 26.8. The monoisotopic (exact) mass is 287 g/mol. The molecular weight excluding hydrogens is 266 g/mol. The van der Waals surface area contributed by atoms with Gasteiger partial charge >= 0.3 is 0 Å². The highest BCUT2D eigenvalue weighted by molar-refractivity contribution is 6.02. The van der Waals surface area contributed by atoms with Gasteiger partial charge in [0.25, 0.3) is 0 Å². The Kier molecular flexibility index (Phi) is 4.73. The van der Waals surface area contributed by atoms with Gasteiger partial charge in [0.05, 0.1) is 13.1 Å². The fraction of sp³-hybridized carbons (Fsp3) is 0.438. The summed E-state index contributed by atoms with van der Waals surface area (Å²) in [5, 5.41) is 7.86. The Morgan fingerprint density at radius 1 is 1.29 bits per heavy atom. The molecule has 0 saturated carbocycles. The van der Waals surface area contributed by atoms with Gasteiger partial charge in [-0.15, -0.1) is 0 Å². The van der Waals surface area contributed by atoms with E-state index in [1.807, 2.05) is 12.1 Å². The van der Waals surface area contributed by atoms with Crippen molar-refractivity contribution in [3.05, 3.63) is 35.4 Å². The number of Topliss-reactive ketones (excluding diaryl/α,β-unsaturated/α-hetero) is 1. The van der Waals surface area contributed by atoms with E-state index in [9.17, 15) is 9.59 Å². The van der Waals surface area contributed by atoms with Crippen LogP contribution in [0.5, 0.6) is 0 Å². The number of hydrogen-bond donors (Lipinski definition) is 1. The highest BCUT2D eigenvalue weighted by Gasteiger charge is 2.30. The second-order valence-corrected chi connectivity index (χ2v) is 5.38. The predicted octanol–water partition coefficient (Wildman–Crippen LogP) is 2.27. The van der Waals surface area contributed by atoms with Crippen LogP contribution in [-0.4, -0.2) is 41.0 Å². The van der Waals surface area contributed by atoms with Gasteiger partial charge in [0.1, 0.15) is 0 Å². The molecule has 1 saturated heterocycles. The number of hydrogen-bond acceptors (Lipinski definition) is 3. The quantitative estimate of drug-likeness (QED) is 0.816. The Bertz CT molecular complexity index is 551. The second kappa shape index (κ2) is 6.52. The van der Waals surface area contributed by atoms with Gasteiger partial charge in [0.15, 0.2) is 5.78 Å². The van der Waals surface area contributed by atoms with Crippen LogP contribution >= 0.6 is 0 Å². The fourth-order valence-corrected chi connectivity index (χ4v) is 2.31. The van der Waals surface area contributed by atoms with Gasteiger partial charge in [-0.25, -0.2) is 0 Å². The van der Waals surface area contributed by atoms with Gasteiger partial charge in [-0.3, -0.25) is 19.9 Å². The molecule has 0 radical (unpaired) electrons. The summed E-state index contributed by atoms with van der Waals surface area (Å²) in [6.45, 7) is 2.70. The molecule has 0 aliphatic carbocycles. The van der Waals surface area contributed by atoms with Crippen molar-refractivity contribution in [2.24, 2.45) is 0 Å². The molecule has 5 nitrogen and oxygen atoms in total. The van der Waals surface area contributed by atoms with Crippen molar-refractivity contribution < 1.29 is 9.59 Å². The first-order chi connectivity index (χ1) is 10.0. The molecule has 0 aromatic heterocycles. The average Bonchev–Trinajstić information content (AvgIpc) is 2.72. The van der Waals surface area contributed by atoms with Crippen LogP contribution in [0.3, 0.4) is 0 Å². The molecule has 2 rings (SSSR count). The third kappa shape index (κ3) is 3.48. The maximum Gasteiger partial charge on any atom is 0.249 e. The van der Waals surface area contributed by atoms with E-state index in [2.05, 4.69) is 6.92 Å². The van der Waals surface area contributed by atoms with Gasteiger partial charge in [-0.2, -0.15) is 0 Å². The van der Waals surface area contributed by atoms with E-state index in [0.29, 0.717) is 18.5 Å². The average molecular weight is 287 g/mol. The smallest absolute Gasteiger partial charge is 0.249 e. The Morgan fingerprint density at radius 2 is 1.95 bits per heavy atom. The first-order valence-electron chi connectivity index (χ1n) is 7.25. The standard InChI is InChI=1S/C16H21N3O2/c1-3-4-5-14(20)13-8-6-12(7-9-13)10-19-15(21)11-18(2)16(19)17/h6-9,17H,3-5,10-11H2,1-2H3. The highest BCUT2D eigenvalue weighted by Crippen LogP contribution is 2.14. The number of carbonyl (C=O) groups excluding carboxylic acids is 2. The largest absolute Gasteiger partial charge is 0.336 e. The van der Waals surface area contributed by atoms with Crippen molar-refractivity contribution in [2.45, 2.75) is 32.7 Å². The van der Waals surface area contributed by atoms with Crippen molar-refractivity contribution in [3.8, 4) is 0 Å². The molecule has 0 spiro atoms. The number of likely N-dealkylation sites (N-methyl/N-ethyl adjacent to an activating group) is 1. The number of nitrogens with zero attached hydrogens (tertiary/aromatic N) is 2. The van der Waals surface area contributed by atoms with Gasteiger partial charge in [0.2, 0.25) is 11.9 Å². The molecule has 1 aromatic rings. The Morgan fingerprint density at radius 3 is 2.48 bits per heavy atom. The van der Waals surface area contributed by atoms with Crippen LogP contribution in [0.4, 0.5) is 0 Å². The van der Waals surface area contributed by atoms with Gasteiger partial charge in [-0.1, -0.05) is 37.6 Å². The number of guanidine groups is 1. The van der Waals surface area contributed by atoms with E-state index in [-0.39, 0.29) is 24.2 Å². The molecule has 1 aliphatic rings. The second-order valence-electron chi connectivity index (χ2n) is 5.38. The lowest BCUT2D eigenvalue weighted by Gasteiger charge is -2.17. The van der Waals surface area contributed by atoms with E-state index in [1.165, 1.54) is 4.90 Å². The molecule has 1 N–H and O–H groups in total. The number of unbranched alkanes of at least 4 members (excludes halogenated alkanes) is 1. The van der Waals surface area contributed by atoms with Crippen molar-refractivity contribution in [2.75, 3.05) is 13.6 Å². The first kappa shape index (κ1) is 15.2. The minimum absolute atomic E-state index is 0.0643. The molecular formula is C16H21N3O2. The summed E-state index contributed by atoms with van der Waals surface area (Å²) in [6.07, 6.45) is 2.50. The summed E-state index contributed by atoms with van der Waals surface area (Å²) < 4.78 is 0. The van der Waals surface area contributed by atoms with Gasteiger partial charge < -0.3 is 4.90 Å². The van der Waals surface area contributed by atoms with Gasteiger partial charge in [-0.05, 0) is 12.0 Å². The summed E-state index contributed by atoms with van der Waals surface area (Å²) in [7, 11) is 1.73. The van der Waals surface area contributed by atoms with Crippen LogP contribution in [0.2, 0.25) is 0 Å².